The van der Waals surface area contributed by atoms with E-state index < -0.39 is 12.1 Å². The van der Waals surface area contributed by atoms with E-state index in [1.54, 1.807) is 0 Å². The molecule has 1 atom stereocenters. The predicted molar refractivity (Wildman–Crippen MR) is 67.8 cm³/mol. The second kappa shape index (κ2) is 6.89. The topological polar surface area (TPSA) is 104 Å². The number of hydrogen-bond donors (Lipinski definition) is 3. The molecular weight excluding hydrogens is 250 g/mol. The van der Waals surface area contributed by atoms with Crippen LogP contribution in [-0.4, -0.2) is 46.9 Å². The predicted octanol–water partition coefficient (Wildman–Crippen LogP) is 0.175. The lowest BCUT2D eigenvalue weighted by Gasteiger charge is -2.13. The Hall–Kier alpha value is -1.89. The van der Waals surface area contributed by atoms with Crippen molar-refractivity contribution < 1.29 is 19.4 Å². The van der Waals surface area contributed by atoms with E-state index in [0.29, 0.717) is 0 Å². The van der Waals surface area contributed by atoms with Gasteiger partial charge in [0, 0.05) is 24.9 Å². The zero-order valence-electron chi connectivity index (χ0n) is 11.3. The SMILES string of the molecule is COC(CNC(=O)Cc1c(C)n[nH]c1C)CC(=O)O. The second-order valence-electron chi connectivity index (χ2n) is 4.35. The van der Waals surface area contributed by atoms with Crippen molar-refractivity contribution in [2.75, 3.05) is 13.7 Å². The maximum Gasteiger partial charge on any atom is 0.306 e. The maximum absolute atomic E-state index is 11.8. The zero-order valence-corrected chi connectivity index (χ0v) is 11.3. The Morgan fingerprint density at radius 3 is 2.63 bits per heavy atom. The Balaban J connectivity index is 2.45. The number of aliphatic carboxylic acids is 1. The monoisotopic (exact) mass is 269 g/mol. The molecule has 0 aliphatic heterocycles. The lowest BCUT2D eigenvalue weighted by Crippen LogP contribution is -2.35. The molecular formula is C12H19N3O4. The van der Waals surface area contributed by atoms with Crippen LogP contribution in [0.3, 0.4) is 0 Å². The molecule has 0 aliphatic rings. The molecule has 0 aliphatic carbocycles. The molecule has 1 aromatic rings. The van der Waals surface area contributed by atoms with Crippen LogP contribution in [0, 0.1) is 13.8 Å². The molecule has 0 spiro atoms. The first-order valence-electron chi connectivity index (χ1n) is 5.95. The Kier molecular flexibility index (Phi) is 5.50. The van der Waals surface area contributed by atoms with Gasteiger partial charge in [0.05, 0.1) is 24.6 Å². The van der Waals surface area contributed by atoms with Crippen LogP contribution in [0.2, 0.25) is 0 Å². The van der Waals surface area contributed by atoms with Gasteiger partial charge in [0.1, 0.15) is 0 Å². The Labute approximate surface area is 111 Å². The summed E-state index contributed by atoms with van der Waals surface area (Å²) >= 11 is 0. The van der Waals surface area contributed by atoms with Gasteiger partial charge in [-0.05, 0) is 13.8 Å². The van der Waals surface area contributed by atoms with E-state index in [2.05, 4.69) is 15.5 Å². The summed E-state index contributed by atoms with van der Waals surface area (Å²) in [5.74, 6) is -1.14. The van der Waals surface area contributed by atoms with Gasteiger partial charge in [0.25, 0.3) is 0 Å². The van der Waals surface area contributed by atoms with Crippen molar-refractivity contribution in [3.63, 3.8) is 0 Å². The number of H-pyrrole nitrogens is 1. The number of aromatic amines is 1. The zero-order chi connectivity index (χ0) is 14.4. The van der Waals surface area contributed by atoms with Crippen LogP contribution in [0.4, 0.5) is 0 Å². The molecule has 1 heterocycles. The molecule has 106 valence electrons. The Bertz CT molecular complexity index is 436. The molecule has 0 aromatic carbocycles. The molecule has 1 aromatic heterocycles. The van der Waals surface area contributed by atoms with Crippen LogP contribution in [0.1, 0.15) is 23.4 Å². The summed E-state index contributed by atoms with van der Waals surface area (Å²) in [7, 11) is 1.42. The number of carboxylic acid groups (broad SMARTS) is 1. The van der Waals surface area contributed by atoms with Gasteiger partial charge in [-0.2, -0.15) is 5.10 Å². The van der Waals surface area contributed by atoms with Gasteiger partial charge in [-0.3, -0.25) is 14.7 Å². The summed E-state index contributed by atoms with van der Waals surface area (Å²) in [4.78, 5) is 22.3. The molecule has 7 nitrogen and oxygen atoms in total. The highest BCUT2D eigenvalue weighted by atomic mass is 16.5. The first kappa shape index (κ1) is 15.2. The number of ether oxygens (including phenoxy) is 1. The number of nitrogens with one attached hydrogen (secondary N) is 2. The van der Waals surface area contributed by atoms with Crippen LogP contribution in [0.15, 0.2) is 0 Å². The van der Waals surface area contributed by atoms with E-state index in [-0.39, 0.29) is 25.3 Å². The maximum atomic E-state index is 11.8. The van der Waals surface area contributed by atoms with Crippen molar-refractivity contribution in [3.8, 4) is 0 Å². The van der Waals surface area contributed by atoms with Crippen molar-refractivity contribution in [2.24, 2.45) is 0 Å². The highest BCUT2D eigenvalue weighted by Crippen LogP contribution is 2.09. The fourth-order valence-corrected chi connectivity index (χ4v) is 1.72. The minimum absolute atomic E-state index is 0.138. The van der Waals surface area contributed by atoms with E-state index in [1.807, 2.05) is 13.8 Å². The van der Waals surface area contributed by atoms with E-state index >= 15 is 0 Å². The highest BCUT2D eigenvalue weighted by Gasteiger charge is 2.15. The van der Waals surface area contributed by atoms with E-state index in [4.69, 9.17) is 9.84 Å². The summed E-state index contributed by atoms with van der Waals surface area (Å²) in [6.07, 6.45) is -0.439. The van der Waals surface area contributed by atoms with Gasteiger partial charge >= 0.3 is 5.97 Å². The summed E-state index contributed by atoms with van der Waals surface area (Å²) in [6.45, 7) is 3.86. The molecule has 1 rings (SSSR count). The molecule has 19 heavy (non-hydrogen) atoms. The number of aromatic nitrogens is 2. The third-order valence-corrected chi connectivity index (χ3v) is 2.88. The summed E-state index contributed by atoms with van der Waals surface area (Å²) in [5, 5.41) is 18.1. The van der Waals surface area contributed by atoms with Crippen LogP contribution in [-0.2, 0) is 20.7 Å². The third kappa shape index (κ3) is 4.70. The summed E-state index contributed by atoms with van der Waals surface area (Å²) < 4.78 is 4.98. The van der Waals surface area contributed by atoms with E-state index in [1.165, 1.54) is 7.11 Å². The van der Waals surface area contributed by atoms with Crippen LogP contribution < -0.4 is 5.32 Å². The molecule has 1 unspecified atom stereocenters. The first-order valence-corrected chi connectivity index (χ1v) is 5.95. The lowest BCUT2D eigenvalue weighted by molar-refractivity contribution is -0.140. The minimum Gasteiger partial charge on any atom is -0.481 e. The van der Waals surface area contributed by atoms with Gasteiger partial charge in [0.15, 0.2) is 0 Å². The van der Waals surface area contributed by atoms with Crippen molar-refractivity contribution in [2.45, 2.75) is 32.8 Å². The second-order valence-corrected chi connectivity index (χ2v) is 4.35. The molecule has 3 N–H and O–H groups in total. The van der Waals surface area contributed by atoms with Crippen LogP contribution in [0.5, 0.6) is 0 Å². The number of carbonyl (C=O) groups is 2. The molecule has 0 saturated carbocycles. The number of nitrogens with zero attached hydrogens (tertiary/aromatic N) is 1. The van der Waals surface area contributed by atoms with Gasteiger partial charge < -0.3 is 15.2 Å². The summed E-state index contributed by atoms with van der Waals surface area (Å²) in [5.41, 5.74) is 2.52. The highest BCUT2D eigenvalue weighted by molar-refractivity contribution is 5.79. The van der Waals surface area contributed by atoms with Gasteiger partial charge in [0.2, 0.25) is 5.91 Å². The number of amides is 1. The standard InChI is InChI=1S/C12H19N3O4/c1-7-10(8(2)15-14-7)5-11(16)13-6-9(19-3)4-12(17)18/h9H,4-6H2,1-3H3,(H,13,16)(H,14,15)(H,17,18). The van der Waals surface area contributed by atoms with E-state index in [9.17, 15) is 9.59 Å². The van der Waals surface area contributed by atoms with Crippen molar-refractivity contribution in [1.29, 1.82) is 0 Å². The number of carbonyl (C=O) groups excluding carboxylic acids is 1. The van der Waals surface area contributed by atoms with Gasteiger partial charge in [-0.25, -0.2) is 0 Å². The van der Waals surface area contributed by atoms with E-state index in [0.717, 1.165) is 17.0 Å². The smallest absolute Gasteiger partial charge is 0.306 e. The van der Waals surface area contributed by atoms with Crippen LogP contribution >= 0.6 is 0 Å². The fraction of sp³-hybridized carbons (Fsp3) is 0.583. The Morgan fingerprint density at radius 2 is 2.16 bits per heavy atom. The number of carboxylic acids is 1. The summed E-state index contributed by atoms with van der Waals surface area (Å²) in [6, 6.07) is 0. The molecule has 7 heteroatoms. The third-order valence-electron chi connectivity index (χ3n) is 2.88. The average molecular weight is 269 g/mol. The van der Waals surface area contributed by atoms with Gasteiger partial charge in [-0.1, -0.05) is 0 Å². The average Bonchev–Trinajstić information content (AvgIpc) is 2.65. The minimum atomic E-state index is -0.956. The molecule has 0 bridgehead atoms. The largest absolute Gasteiger partial charge is 0.481 e. The normalized spacial score (nSPS) is 12.2. The molecule has 0 radical (unpaired) electrons. The number of aryl methyl sites for hydroxylation is 2. The van der Waals surface area contributed by atoms with Gasteiger partial charge in [-0.15, -0.1) is 0 Å². The molecule has 0 fully saturated rings. The Morgan fingerprint density at radius 1 is 1.47 bits per heavy atom. The van der Waals surface area contributed by atoms with Crippen LogP contribution in [0.25, 0.3) is 0 Å². The fourth-order valence-electron chi connectivity index (χ4n) is 1.72. The number of rotatable bonds is 7. The quantitative estimate of drug-likeness (QED) is 0.654. The number of hydrogen-bond acceptors (Lipinski definition) is 4. The first-order chi connectivity index (χ1) is 8.93. The van der Waals surface area contributed by atoms with Crippen molar-refractivity contribution in [1.82, 2.24) is 15.5 Å². The molecule has 0 saturated heterocycles. The lowest BCUT2D eigenvalue weighted by atomic mass is 10.1. The van der Waals surface area contributed by atoms with Crippen molar-refractivity contribution in [3.05, 3.63) is 17.0 Å². The molecule has 1 amide bonds. The van der Waals surface area contributed by atoms with Crippen molar-refractivity contribution >= 4 is 11.9 Å². The number of methoxy groups -OCH3 is 1.